The van der Waals surface area contributed by atoms with Gasteiger partial charge in [-0.25, -0.2) is 0 Å². The van der Waals surface area contributed by atoms with Gasteiger partial charge in [0.2, 0.25) is 0 Å². The highest BCUT2D eigenvalue weighted by molar-refractivity contribution is 7.10. The molecule has 0 saturated heterocycles. The van der Waals surface area contributed by atoms with Gasteiger partial charge >= 0.3 is 0 Å². The van der Waals surface area contributed by atoms with Crippen molar-refractivity contribution < 1.29 is 5.11 Å². The third kappa shape index (κ3) is 3.85. The highest BCUT2D eigenvalue weighted by atomic mass is 32.1. The van der Waals surface area contributed by atoms with Crippen LogP contribution in [0.25, 0.3) is 0 Å². The van der Waals surface area contributed by atoms with Gasteiger partial charge in [-0.3, -0.25) is 4.90 Å². The fourth-order valence-corrected chi connectivity index (χ4v) is 2.75. The Morgan fingerprint density at radius 3 is 3.00 bits per heavy atom. The molecule has 2 nitrogen and oxygen atoms in total. The first-order valence-corrected chi connectivity index (χ1v) is 7.10. The number of rotatable bonds is 5. The maximum atomic E-state index is 8.73. The zero-order valence-electron chi connectivity index (χ0n) is 10.3. The van der Waals surface area contributed by atoms with Crippen LogP contribution in [0.3, 0.4) is 0 Å². The Morgan fingerprint density at radius 1 is 1.53 bits per heavy atom. The van der Waals surface area contributed by atoms with Gasteiger partial charge in [0, 0.05) is 23.5 Å². The molecule has 0 bridgehead atoms. The Morgan fingerprint density at radius 2 is 2.35 bits per heavy atom. The normalized spacial score (nSPS) is 14.8. The van der Waals surface area contributed by atoms with E-state index in [2.05, 4.69) is 29.0 Å². The van der Waals surface area contributed by atoms with Crippen LogP contribution in [-0.2, 0) is 6.54 Å². The Kier molecular flexibility index (Phi) is 4.61. The van der Waals surface area contributed by atoms with E-state index < -0.39 is 0 Å². The van der Waals surface area contributed by atoms with Gasteiger partial charge in [-0.05, 0) is 36.8 Å². The van der Waals surface area contributed by atoms with E-state index in [-0.39, 0.29) is 6.61 Å². The van der Waals surface area contributed by atoms with Gasteiger partial charge in [0.1, 0.15) is 6.61 Å². The number of aliphatic hydroxyl groups excluding tert-OH is 1. The Bertz CT molecular complexity index is 411. The van der Waals surface area contributed by atoms with Crippen LogP contribution >= 0.6 is 11.3 Å². The monoisotopic (exact) mass is 249 g/mol. The van der Waals surface area contributed by atoms with Crippen LogP contribution in [0.4, 0.5) is 0 Å². The van der Waals surface area contributed by atoms with E-state index in [1.807, 2.05) is 6.07 Å². The predicted octanol–water partition coefficient (Wildman–Crippen LogP) is 2.32. The topological polar surface area (TPSA) is 23.5 Å². The molecule has 0 unspecified atom stereocenters. The SMILES string of the molecule is CCN(Cc1sccc1C#CCO)CC1CC1. The maximum Gasteiger partial charge on any atom is 0.104 e. The van der Waals surface area contributed by atoms with Gasteiger partial charge < -0.3 is 5.11 Å². The maximum absolute atomic E-state index is 8.73. The lowest BCUT2D eigenvalue weighted by Crippen LogP contribution is -2.25. The Labute approximate surface area is 107 Å². The number of thiophene rings is 1. The predicted molar refractivity (Wildman–Crippen MR) is 72.0 cm³/mol. The van der Waals surface area contributed by atoms with Crippen molar-refractivity contribution in [3.63, 3.8) is 0 Å². The molecule has 1 aliphatic carbocycles. The molecule has 1 saturated carbocycles. The molecule has 1 aromatic rings. The van der Waals surface area contributed by atoms with Crippen molar-refractivity contribution in [3.05, 3.63) is 21.9 Å². The molecule has 0 amide bonds. The molecule has 1 aromatic heterocycles. The first-order chi connectivity index (χ1) is 8.33. The molecule has 17 heavy (non-hydrogen) atoms. The van der Waals surface area contributed by atoms with Crippen molar-refractivity contribution in [1.82, 2.24) is 4.90 Å². The van der Waals surface area contributed by atoms with Crippen LogP contribution in [0.2, 0.25) is 0 Å². The van der Waals surface area contributed by atoms with Gasteiger partial charge in [0.05, 0.1) is 0 Å². The molecule has 1 heterocycles. The van der Waals surface area contributed by atoms with Gasteiger partial charge in [0.15, 0.2) is 0 Å². The molecule has 0 spiro atoms. The highest BCUT2D eigenvalue weighted by Gasteiger charge is 2.24. The fraction of sp³-hybridized carbons (Fsp3) is 0.571. The molecule has 1 N–H and O–H groups in total. The van der Waals surface area contributed by atoms with Crippen molar-refractivity contribution >= 4 is 11.3 Å². The van der Waals surface area contributed by atoms with Crippen LogP contribution in [0.15, 0.2) is 11.4 Å². The quantitative estimate of drug-likeness (QED) is 0.810. The van der Waals surface area contributed by atoms with Gasteiger partial charge in [-0.15, -0.1) is 11.3 Å². The fourth-order valence-electron chi connectivity index (χ4n) is 1.88. The largest absolute Gasteiger partial charge is 0.384 e. The number of hydrogen-bond acceptors (Lipinski definition) is 3. The molecule has 0 atom stereocenters. The minimum atomic E-state index is -0.0607. The van der Waals surface area contributed by atoms with E-state index in [0.29, 0.717) is 0 Å². The molecular formula is C14H19NOS. The first-order valence-electron chi connectivity index (χ1n) is 6.22. The Balaban J connectivity index is 1.97. The summed E-state index contributed by atoms with van der Waals surface area (Å²) in [6, 6.07) is 2.05. The average Bonchev–Trinajstić information content (AvgIpc) is 3.05. The van der Waals surface area contributed by atoms with E-state index in [1.54, 1.807) is 11.3 Å². The second-order valence-electron chi connectivity index (χ2n) is 4.49. The number of hydrogen-bond donors (Lipinski definition) is 1. The van der Waals surface area contributed by atoms with E-state index in [9.17, 15) is 0 Å². The summed E-state index contributed by atoms with van der Waals surface area (Å²) in [5, 5.41) is 10.8. The summed E-state index contributed by atoms with van der Waals surface area (Å²) >= 11 is 1.77. The van der Waals surface area contributed by atoms with E-state index in [1.165, 1.54) is 24.3 Å². The zero-order chi connectivity index (χ0) is 12.1. The summed E-state index contributed by atoms with van der Waals surface area (Å²) in [6.07, 6.45) is 2.80. The van der Waals surface area contributed by atoms with Crippen molar-refractivity contribution in [2.24, 2.45) is 5.92 Å². The third-order valence-electron chi connectivity index (χ3n) is 3.08. The molecule has 1 fully saturated rings. The lowest BCUT2D eigenvalue weighted by atomic mass is 10.2. The summed E-state index contributed by atoms with van der Waals surface area (Å²) in [6.45, 7) is 5.48. The van der Waals surface area contributed by atoms with Crippen LogP contribution in [0.1, 0.15) is 30.2 Å². The van der Waals surface area contributed by atoms with E-state index >= 15 is 0 Å². The Hall–Kier alpha value is -0.820. The molecule has 92 valence electrons. The molecule has 0 aromatic carbocycles. The van der Waals surface area contributed by atoms with Crippen LogP contribution in [-0.4, -0.2) is 29.7 Å². The lowest BCUT2D eigenvalue weighted by molar-refractivity contribution is 0.270. The standard InChI is InChI=1S/C14H19NOS/c1-2-15(10-12-5-6-12)11-14-13(4-3-8-16)7-9-17-14/h7,9,12,16H,2,5-6,8,10-11H2,1H3. The van der Waals surface area contributed by atoms with Crippen molar-refractivity contribution in [1.29, 1.82) is 0 Å². The molecule has 2 rings (SSSR count). The van der Waals surface area contributed by atoms with Gasteiger partial charge in [0.25, 0.3) is 0 Å². The average molecular weight is 249 g/mol. The minimum absolute atomic E-state index is 0.0607. The van der Waals surface area contributed by atoms with E-state index in [0.717, 1.165) is 24.6 Å². The molecule has 3 heteroatoms. The summed E-state index contributed by atoms with van der Waals surface area (Å²) in [5.74, 6) is 6.69. The van der Waals surface area contributed by atoms with Crippen molar-refractivity contribution in [2.45, 2.75) is 26.3 Å². The molecule has 0 aliphatic heterocycles. The second-order valence-corrected chi connectivity index (χ2v) is 5.49. The van der Waals surface area contributed by atoms with Gasteiger partial charge in [-0.1, -0.05) is 18.8 Å². The summed E-state index contributed by atoms with van der Waals surface area (Å²) in [7, 11) is 0. The molecular weight excluding hydrogens is 230 g/mol. The smallest absolute Gasteiger partial charge is 0.104 e. The van der Waals surface area contributed by atoms with Crippen molar-refractivity contribution in [3.8, 4) is 11.8 Å². The number of aliphatic hydroxyl groups is 1. The zero-order valence-corrected chi connectivity index (χ0v) is 11.1. The van der Waals surface area contributed by atoms with E-state index in [4.69, 9.17) is 5.11 Å². The third-order valence-corrected chi connectivity index (χ3v) is 3.98. The molecule has 0 radical (unpaired) electrons. The first kappa shape index (κ1) is 12.6. The number of nitrogens with zero attached hydrogens (tertiary/aromatic N) is 1. The van der Waals surface area contributed by atoms with Crippen LogP contribution in [0, 0.1) is 17.8 Å². The summed E-state index contributed by atoms with van der Waals surface area (Å²) in [5.41, 5.74) is 1.08. The van der Waals surface area contributed by atoms with Crippen LogP contribution < -0.4 is 0 Å². The minimum Gasteiger partial charge on any atom is -0.384 e. The summed E-state index contributed by atoms with van der Waals surface area (Å²) in [4.78, 5) is 3.82. The highest BCUT2D eigenvalue weighted by Crippen LogP contribution is 2.30. The van der Waals surface area contributed by atoms with Crippen LogP contribution in [0.5, 0.6) is 0 Å². The lowest BCUT2D eigenvalue weighted by Gasteiger charge is -2.19. The second kappa shape index (κ2) is 6.20. The summed E-state index contributed by atoms with van der Waals surface area (Å²) < 4.78 is 0. The molecule has 1 aliphatic rings. The van der Waals surface area contributed by atoms with Gasteiger partial charge in [-0.2, -0.15) is 0 Å². The van der Waals surface area contributed by atoms with Crippen molar-refractivity contribution in [2.75, 3.05) is 19.7 Å².